The number of hydrogen-bond acceptors (Lipinski definition) is 4. The number of hydrogen-bond donors (Lipinski definition) is 2. The predicted molar refractivity (Wildman–Crippen MR) is 71.1 cm³/mol. The average molecular weight is 256 g/mol. The largest absolute Gasteiger partial charge is 0.375 e. The number of thiazole rings is 1. The third-order valence-electron chi connectivity index (χ3n) is 2.12. The Morgan fingerprint density at radius 2 is 2.29 bits per heavy atom. The molecule has 0 saturated heterocycles. The average Bonchev–Trinajstić information content (AvgIpc) is 2.73. The minimum absolute atomic E-state index is 0.0314. The van der Waals surface area contributed by atoms with Crippen LogP contribution >= 0.6 is 11.3 Å². The van der Waals surface area contributed by atoms with Crippen LogP contribution in [0.1, 0.15) is 37.6 Å². The van der Waals surface area contributed by atoms with Crippen molar-refractivity contribution in [1.29, 1.82) is 0 Å². The molecule has 0 fully saturated rings. The van der Waals surface area contributed by atoms with E-state index in [1.807, 2.05) is 26.2 Å². The first-order valence-electron chi connectivity index (χ1n) is 5.56. The molecule has 1 atom stereocenters. The Balaban J connectivity index is 2.55. The molecule has 5 nitrogen and oxygen atoms in total. The molecule has 0 saturated carbocycles. The molecular formula is C11H20N4OS. The minimum atomic E-state index is 0.0314. The molecule has 0 bridgehead atoms. The van der Waals surface area contributed by atoms with Crippen LogP contribution < -0.4 is 11.1 Å². The second kappa shape index (κ2) is 6.56. The van der Waals surface area contributed by atoms with E-state index < -0.39 is 0 Å². The van der Waals surface area contributed by atoms with Crippen LogP contribution in [-0.2, 0) is 11.3 Å². The van der Waals surface area contributed by atoms with E-state index in [-0.39, 0.29) is 6.10 Å². The van der Waals surface area contributed by atoms with Gasteiger partial charge in [-0.1, -0.05) is 0 Å². The van der Waals surface area contributed by atoms with Crippen LogP contribution in [-0.4, -0.2) is 24.1 Å². The fourth-order valence-corrected chi connectivity index (χ4v) is 2.03. The zero-order valence-corrected chi connectivity index (χ0v) is 11.5. The molecule has 0 aliphatic heterocycles. The molecule has 1 rings (SSSR count). The van der Waals surface area contributed by atoms with Crippen LogP contribution in [0.5, 0.6) is 0 Å². The molecule has 0 radical (unpaired) electrons. The van der Waals surface area contributed by atoms with Gasteiger partial charge in [-0.2, -0.15) is 0 Å². The van der Waals surface area contributed by atoms with Crippen molar-refractivity contribution in [2.75, 3.05) is 7.11 Å². The quantitative estimate of drug-likeness (QED) is 0.621. The van der Waals surface area contributed by atoms with Gasteiger partial charge in [0.05, 0.1) is 12.2 Å². The number of ether oxygens (including phenoxy) is 1. The number of aliphatic imine (C=N–C) groups is 1. The van der Waals surface area contributed by atoms with Gasteiger partial charge in [0.25, 0.3) is 0 Å². The van der Waals surface area contributed by atoms with Crippen molar-refractivity contribution in [2.24, 2.45) is 10.7 Å². The highest BCUT2D eigenvalue weighted by Gasteiger charge is 2.08. The van der Waals surface area contributed by atoms with Gasteiger partial charge < -0.3 is 15.8 Å². The zero-order chi connectivity index (χ0) is 12.8. The maximum absolute atomic E-state index is 5.71. The van der Waals surface area contributed by atoms with E-state index in [9.17, 15) is 0 Å². The van der Waals surface area contributed by atoms with Crippen molar-refractivity contribution in [3.8, 4) is 0 Å². The van der Waals surface area contributed by atoms with Crippen molar-refractivity contribution in [3.63, 3.8) is 0 Å². The summed E-state index contributed by atoms with van der Waals surface area (Å²) in [5.41, 5.74) is 6.62. The molecule has 0 spiro atoms. The highest BCUT2D eigenvalue weighted by molar-refractivity contribution is 7.09. The minimum Gasteiger partial charge on any atom is -0.375 e. The van der Waals surface area contributed by atoms with Gasteiger partial charge in [-0.3, -0.25) is 0 Å². The van der Waals surface area contributed by atoms with Gasteiger partial charge in [-0.15, -0.1) is 11.3 Å². The highest BCUT2D eigenvalue weighted by Crippen LogP contribution is 2.20. The normalized spacial score (nSPS) is 14.1. The smallest absolute Gasteiger partial charge is 0.189 e. The number of aromatic nitrogens is 1. The lowest BCUT2D eigenvalue weighted by atomic mass is 10.4. The molecular weight excluding hydrogens is 236 g/mol. The molecule has 0 aromatic carbocycles. The summed E-state index contributed by atoms with van der Waals surface area (Å²) >= 11 is 1.58. The van der Waals surface area contributed by atoms with E-state index in [2.05, 4.69) is 15.3 Å². The summed E-state index contributed by atoms with van der Waals surface area (Å²) in [7, 11) is 1.68. The molecule has 6 heteroatoms. The fourth-order valence-electron chi connectivity index (χ4n) is 1.19. The molecule has 3 N–H and O–H groups in total. The Labute approximate surface area is 106 Å². The summed E-state index contributed by atoms with van der Waals surface area (Å²) in [6.45, 7) is 6.51. The topological polar surface area (TPSA) is 72.5 Å². The van der Waals surface area contributed by atoms with Crippen LogP contribution in [0.25, 0.3) is 0 Å². The molecule has 96 valence electrons. The summed E-state index contributed by atoms with van der Waals surface area (Å²) < 4.78 is 5.20. The highest BCUT2D eigenvalue weighted by atomic mass is 32.1. The standard InChI is InChI=1S/C11H20N4OS/c1-7(2)14-11(12)13-5-9-6-17-10(15-9)8(3)16-4/h6-8H,5H2,1-4H3,(H3,12,13,14). The van der Waals surface area contributed by atoms with Gasteiger partial charge in [0.2, 0.25) is 0 Å². The number of guanidine groups is 1. The second-order valence-corrected chi connectivity index (χ2v) is 4.95. The lowest BCUT2D eigenvalue weighted by Gasteiger charge is -2.07. The van der Waals surface area contributed by atoms with Crippen molar-refractivity contribution in [1.82, 2.24) is 10.3 Å². The summed E-state index contributed by atoms with van der Waals surface area (Å²) in [4.78, 5) is 8.65. The van der Waals surface area contributed by atoms with E-state index in [0.717, 1.165) is 10.7 Å². The van der Waals surface area contributed by atoms with E-state index >= 15 is 0 Å². The van der Waals surface area contributed by atoms with Crippen LogP contribution in [0.15, 0.2) is 10.4 Å². The number of nitrogens with zero attached hydrogens (tertiary/aromatic N) is 2. The Kier molecular flexibility index (Phi) is 5.37. The lowest BCUT2D eigenvalue weighted by molar-refractivity contribution is 0.119. The van der Waals surface area contributed by atoms with Crippen molar-refractivity contribution >= 4 is 17.3 Å². The summed E-state index contributed by atoms with van der Waals surface area (Å²) in [5, 5.41) is 5.98. The van der Waals surface area contributed by atoms with Crippen molar-refractivity contribution in [2.45, 2.75) is 39.5 Å². The molecule has 1 heterocycles. The van der Waals surface area contributed by atoms with E-state index in [1.165, 1.54) is 0 Å². The fraction of sp³-hybridized carbons (Fsp3) is 0.636. The van der Waals surface area contributed by atoms with Crippen LogP contribution in [0.4, 0.5) is 0 Å². The van der Waals surface area contributed by atoms with Crippen LogP contribution in [0.3, 0.4) is 0 Å². The SMILES string of the molecule is COC(C)c1nc(CN=C(N)NC(C)C)cs1. The number of nitrogens with two attached hydrogens (primary N) is 1. The lowest BCUT2D eigenvalue weighted by Crippen LogP contribution is -2.36. The van der Waals surface area contributed by atoms with Crippen LogP contribution in [0, 0.1) is 0 Å². The molecule has 17 heavy (non-hydrogen) atoms. The number of methoxy groups -OCH3 is 1. The first-order chi connectivity index (χ1) is 8.02. The number of rotatable bonds is 5. The van der Waals surface area contributed by atoms with Gasteiger partial charge in [0.1, 0.15) is 11.1 Å². The maximum Gasteiger partial charge on any atom is 0.189 e. The van der Waals surface area contributed by atoms with Crippen LogP contribution in [0.2, 0.25) is 0 Å². The van der Waals surface area contributed by atoms with Crippen molar-refractivity contribution < 1.29 is 4.74 Å². The van der Waals surface area contributed by atoms with Crippen molar-refractivity contribution in [3.05, 3.63) is 16.1 Å². The van der Waals surface area contributed by atoms with Gasteiger partial charge in [0, 0.05) is 18.5 Å². The Morgan fingerprint density at radius 3 is 2.88 bits per heavy atom. The third kappa shape index (κ3) is 4.70. The molecule has 0 amide bonds. The van der Waals surface area contributed by atoms with E-state index in [0.29, 0.717) is 18.5 Å². The van der Waals surface area contributed by atoms with Gasteiger partial charge >= 0.3 is 0 Å². The van der Waals surface area contributed by atoms with Gasteiger partial charge in [0.15, 0.2) is 5.96 Å². The Hall–Kier alpha value is -1.14. The first-order valence-corrected chi connectivity index (χ1v) is 6.44. The second-order valence-electron chi connectivity index (χ2n) is 4.06. The maximum atomic E-state index is 5.71. The van der Waals surface area contributed by atoms with E-state index in [4.69, 9.17) is 10.5 Å². The Bertz CT molecular complexity index is 375. The first kappa shape index (κ1) is 13.9. The predicted octanol–water partition coefficient (Wildman–Crippen LogP) is 1.66. The molecule has 1 aromatic heterocycles. The summed E-state index contributed by atoms with van der Waals surface area (Å²) in [6, 6.07) is 0.290. The number of nitrogens with one attached hydrogen (secondary N) is 1. The Morgan fingerprint density at radius 1 is 1.59 bits per heavy atom. The van der Waals surface area contributed by atoms with Gasteiger partial charge in [-0.25, -0.2) is 9.98 Å². The van der Waals surface area contributed by atoms with Gasteiger partial charge in [-0.05, 0) is 20.8 Å². The zero-order valence-electron chi connectivity index (χ0n) is 10.7. The monoisotopic (exact) mass is 256 g/mol. The molecule has 1 unspecified atom stereocenters. The summed E-state index contributed by atoms with van der Waals surface area (Å²) in [6.07, 6.45) is 0.0314. The summed E-state index contributed by atoms with van der Waals surface area (Å²) in [5.74, 6) is 0.453. The molecule has 0 aliphatic carbocycles. The third-order valence-corrected chi connectivity index (χ3v) is 3.17. The van der Waals surface area contributed by atoms with E-state index in [1.54, 1.807) is 18.4 Å². The molecule has 1 aromatic rings. The molecule has 0 aliphatic rings.